The first-order valence-corrected chi connectivity index (χ1v) is 16.3. The molecule has 2 amide bonds. The summed E-state index contributed by atoms with van der Waals surface area (Å²) in [4.78, 5) is 58.6. The first-order chi connectivity index (χ1) is 24.0. The molecule has 18 heteroatoms. The van der Waals surface area contributed by atoms with E-state index in [1.807, 2.05) is 12.1 Å². The first kappa shape index (κ1) is 32.7. The maximum atomic E-state index is 12.8. The van der Waals surface area contributed by atoms with Gasteiger partial charge in [-0.3, -0.25) is 29.8 Å². The molecule has 0 radical (unpaired) electrons. The predicted molar refractivity (Wildman–Crippen MR) is 182 cm³/mol. The Labute approximate surface area is 295 Å². The van der Waals surface area contributed by atoms with Crippen LogP contribution in [0.4, 0.5) is 11.4 Å². The van der Waals surface area contributed by atoms with E-state index in [1.54, 1.807) is 57.2 Å². The Bertz CT molecular complexity index is 2200. The number of amides is 2. The fourth-order valence-corrected chi connectivity index (χ4v) is 6.55. The summed E-state index contributed by atoms with van der Waals surface area (Å²) in [5, 5.41) is 31.2. The molecule has 0 spiro atoms. The minimum Gasteiger partial charge on any atom is -0.333 e. The van der Waals surface area contributed by atoms with Crippen LogP contribution in [0.2, 0.25) is 5.02 Å². The number of carbonyl (C=O) groups excluding carboxylic acids is 2. The number of nitro benzene ring substituents is 2. The Morgan fingerprint density at radius 1 is 0.740 bits per heavy atom. The van der Waals surface area contributed by atoms with Crippen LogP contribution in [0.1, 0.15) is 43.2 Å². The van der Waals surface area contributed by atoms with Crippen molar-refractivity contribution in [3.05, 3.63) is 137 Å². The summed E-state index contributed by atoms with van der Waals surface area (Å²) in [7, 11) is 0. The second-order valence-corrected chi connectivity index (χ2v) is 12.9. The van der Waals surface area contributed by atoms with E-state index in [0.717, 1.165) is 15.6 Å². The van der Waals surface area contributed by atoms with Crippen LogP contribution in [0, 0.1) is 20.2 Å². The highest BCUT2D eigenvalue weighted by Gasteiger charge is 2.29. The van der Waals surface area contributed by atoms with Crippen molar-refractivity contribution >= 4 is 62.0 Å². The lowest BCUT2D eigenvalue weighted by atomic mass is 9.97. The molecule has 2 aromatic carbocycles. The number of nitrogens with zero attached hydrogens (tertiary/aromatic N) is 10. The molecule has 0 bridgehead atoms. The Balaban J connectivity index is 0.000000157. The van der Waals surface area contributed by atoms with E-state index in [4.69, 9.17) is 11.6 Å². The summed E-state index contributed by atoms with van der Waals surface area (Å²) in [6.45, 7) is 1.47. The topological polar surface area (TPSA) is 187 Å². The fourth-order valence-electron chi connectivity index (χ4n) is 6.11. The van der Waals surface area contributed by atoms with Gasteiger partial charge in [0.25, 0.3) is 23.2 Å². The highest BCUT2D eigenvalue weighted by molar-refractivity contribution is 9.10. The van der Waals surface area contributed by atoms with Crippen molar-refractivity contribution in [2.24, 2.45) is 0 Å². The van der Waals surface area contributed by atoms with Gasteiger partial charge < -0.3 is 9.80 Å². The SMILES string of the molecule is O=C(c1cc2ncc(Br)cn2n1)N1CCc2c(cccc2[N+](=O)[O-])C1.O=C(c1cc2ncc(Cl)cn2n1)N1CCc2c(cccc2[N+](=O)[O-])C1. The summed E-state index contributed by atoms with van der Waals surface area (Å²) < 4.78 is 3.76. The lowest BCUT2D eigenvalue weighted by molar-refractivity contribution is -0.385. The third-order valence-electron chi connectivity index (χ3n) is 8.45. The number of nitro groups is 2. The molecule has 0 fully saturated rings. The number of benzene rings is 2. The number of fused-ring (bicyclic) bond motifs is 4. The molecule has 6 aromatic rings. The Kier molecular flexibility index (Phi) is 8.67. The molecule has 6 heterocycles. The molecule has 8 rings (SSSR count). The van der Waals surface area contributed by atoms with Crippen LogP contribution in [-0.4, -0.2) is 73.7 Å². The van der Waals surface area contributed by atoms with E-state index in [-0.39, 0.29) is 38.7 Å². The predicted octanol–water partition coefficient (Wildman–Crippen LogP) is 5.09. The molecular formula is C32H24BrClN10O6. The highest BCUT2D eigenvalue weighted by atomic mass is 79.9. The summed E-state index contributed by atoms with van der Waals surface area (Å²) in [6, 6.07) is 13.2. The van der Waals surface area contributed by atoms with Gasteiger partial charge in [-0.2, -0.15) is 10.2 Å². The van der Waals surface area contributed by atoms with Gasteiger partial charge >= 0.3 is 0 Å². The van der Waals surface area contributed by atoms with E-state index in [0.29, 0.717) is 72.2 Å². The molecule has 16 nitrogen and oxygen atoms in total. The van der Waals surface area contributed by atoms with E-state index < -0.39 is 0 Å². The number of aromatic nitrogens is 6. The number of carbonyl (C=O) groups is 2. The van der Waals surface area contributed by atoms with Gasteiger partial charge in [-0.15, -0.1) is 0 Å². The van der Waals surface area contributed by atoms with Gasteiger partial charge in [0, 0.05) is 80.2 Å². The van der Waals surface area contributed by atoms with Crippen LogP contribution in [-0.2, 0) is 25.9 Å². The van der Waals surface area contributed by atoms with Crippen molar-refractivity contribution in [1.82, 2.24) is 39.0 Å². The summed E-state index contributed by atoms with van der Waals surface area (Å²) in [5.74, 6) is -0.447. The summed E-state index contributed by atoms with van der Waals surface area (Å²) >= 11 is 9.20. The monoisotopic (exact) mass is 758 g/mol. The minimum absolute atomic E-state index is 0.108. The molecule has 50 heavy (non-hydrogen) atoms. The van der Waals surface area contributed by atoms with Crippen molar-refractivity contribution in [1.29, 1.82) is 0 Å². The molecule has 0 saturated heterocycles. The number of rotatable bonds is 4. The minimum atomic E-state index is -0.381. The lowest BCUT2D eigenvalue weighted by Gasteiger charge is -2.27. The van der Waals surface area contributed by atoms with Gasteiger partial charge in [0.1, 0.15) is 0 Å². The normalized spacial score (nSPS) is 13.7. The molecule has 2 aliphatic heterocycles. The largest absolute Gasteiger partial charge is 0.333 e. The zero-order valence-corrected chi connectivity index (χ0v) is 28.2. The standard InChI is InChI=1S/C16H12BrN5O3.C16H12ClN5O3/c2*17-11-7-18-15-6-13(19-21(15)9-11)16(23)20-5-4-12-10(8-20)2-1-3-14(12)22(24)25/h2*1-3,6-7,9H,4-5,8H2. The maximum absolute atomic E-state index is 12.8. The zero-order valence-electron chi connectivity index (χ0n) is 25.8. The van der Waals surface area contributed by atoms with Gasteiger partial charge in [0.2, 0.25) is 0 Å². The van der Waals surface area contributed by atoms with Crippen molar-refractivity contribution in [3.8, 4) is 0 Å². The van der Waals surface area contributed by atoms with Crippen LogP contribution in [0.25, 0.3) is 11.3 Å². The van der Waals surface area contributed by atoms with Crippen LogP contribution >= 0.6 is 27.5 Å². The Morgan fingerprint density at radius 2 is 1.22 bits per heavy atom. The lowest BCUT2D eigenvalue weighted by Crippen LogP contribution is -2.36. The smallest absolute Gasteiger partial charge is 0.274 e. The van der Waals surface area contributed by atoms with E-state index in [1.165, 1.54) is 22.8 Å². The van der Waals surface area contributed by atoms with E-state index in [9.17, 15) is 29.8 Å². The molecule has 4 aromatic heterocycles. The van der Waals surface area contributed by atoms with Crippen LogP contribution < -0.4 is 0 Å². The average molecular weight is 760 g/mol. The Hall–Kier alpha value is -5.81. The highest BCUT2D eigenvalue weighted by Crippen LogP contribution is 2.30. The van der Waals surface area contributed by atoms with Crippen LogP contribution in [0.15, 0.2) is 77.8 Å². The second kappa shape index (κ2) is 13.2. The second-order valence-electron chi connectivity index (χ2n) is 11.5. The maximum Gasteiger partial charge on any atom is 0.274 e. The number of hydrogen-bond acceptors (Lipinski definition) is 10. The molecule has 0 atom stereocenters. The van der Waals surface area contributed by atoms with Gasteiger partial charge in [-0.05, 0) is 39.9 Å². The average Bonchev–Trinajstić information content (AvgIpc) is 3.74. The van der Waals surface area contributed by atoms with Gasteiger partial charge in [-0.1, -0.05) is 35.9 Å². The molecule has 2 aliphatic rings. The van der Waals surface area contributed by atoms with Crippen molar-refractivity contribution in [2.75, 3.05) is 13.1 Å². The molecule has 0 saturated carbocycles. The summed E-state index contributed by atoms with van der Waals surface area (Å²) in [5.41, 5.74) is 4.90. The third kappa shape index (κ3) is 6.35. The quantitative estimate of drug-likeness (QED) is 0.173. The van der Waals surface area contributed by atoms with Crippen molar-refractivity contribution < 1.29 is 19.4 Å². The van der Waals surface area contributed by atoms with Crippen LogP contribution in [0.5, 0.6) is 0 Å². The van der Waals surface area contributed by atoms with E-state index >= 15 is 0 Å². The zero-order chi connectivity index (χ0) is 35.1. The van der Waals surface area contributed by atoms with Gasteiger partial charge in [0.05, 0.1) is 25.5 Å². The van der Waals surface area contributed by atoms with Crippen molar-refractivity contribution in [3.63, 3.8) is 0 Å². The Morgan fingerprint density at radius 3 is 1.72 bits per heavy atom. The molecule has 0 unspecified atom stereocenters. The van der Waals surface area contributed by atoms with Gasteiger partial charge in [-0.25, -0.2) is 19.0 Å². The molecule has 252 valence electrons. The molecule has 0 N–H and O–H groups in total. The third-order valence-corrected chi connectivity index (χ3v) is 9.06. The first-order valence-electron chi connectivity index (χ1n) is 15.2. The molecule has 0 aliphatic carbocycles. The summed E-state index contributed by atoms with van der Waals surface area (Å²) in [6.07, 6.45) is 7.33. The van der Waals surface area contributed by atoms with Gasteiger partial charge in [0.15, 0.2) is 22.7 Å². The number of halogens is 2. The van der Waals surface area contributed by atoms with Crippen LogP contribution in [0.3, 0.4) is 0 Å². The van der Waals surface area contributed by atoms with E-state index in [2.05, 4.69) is 36.1 Å². The van der Waals surface area contributed by atoms with Crippen molar-refractivity contribution in [2.45, 2.75) is 25.9 Å². The number of hydrogen-bond donors (Lipinski definition) is 0. The fraction of sp³-hybridized carbons (Fsp3) is 0.188. The molecular weight excluding hydrogens is 736 g/mol.